The Morgan fingerprint density at radius 1 is 1.67 bits per heavy atom. The highest BCUT2D eigenvalue weighted by molar-refractivity contribution is 6.18. The second-order valence-electron chi connectivity index (χ2n) is 4.32. The fraction of sp³-hybridized carbons (Fsp3) is 0.455. The molecule has 1 fully saturated rings. The molecule has 1 aliphatic heterocycles. The zero-order valence-electron chi connectivity index (χ0n) is 9.80. The summed E-state index contributed by atoms with van der Waals surface area (Å²) in [7, 11) is 0. The third kappa shape index (κ3) is 2.28. The van der Waals surface area contributed by atoms with Gasteiger partial charge in [-0.15, -0.1) is 11.6 Å². The standard InChI is InChI=1S/C11H12ClN3O3/c1-7-2-9(15(17)18)5-13-11(7)14-6-8(4-12)3-10(14)16/h2,5,8H,3-4,6H2,1H3. The molecular weight excluding hydrogens is 258 g/mol. The molecule has 2 heterocycles. The van der Waals surface area contributed by atoms with Crippen LogP contribution in [0.1, 0.15) is 12.0 Å². The predicted molar refractivity (Wildman–Crippen MR) is 66.8 cm³/mol. The molecule has 2 rings (SSSR count). The first kappa shape index (κ1) is 12.8. The van der Waals surface area contributed by atoms with Crippen LogP contribution in [0.3, 0.4) is 0 Å². The van der Waals surface area contributed by atoms with Crippen molar-refractivity contribution in [3.63, 3.8) is 0 Å². The fourth-order valence-electron chi connectivity index (χ4n) is 2.02. The van der Waals surface area contributed by atoms with Gasteiger partial charge in [0.05, 0.1) is 4.92 Å². The van der Waals surface area contributed by atoms with E-state index in [2.05, 4.69) is 4.98 Å². The average Bonchev–Trinajstić information content (AvgIpc) is 2.70. The number of nitrogens with zero attached hydrogens (tertiary/aromatic N) is 3. The molecule has 0 saturated carbocycles. The number of pyridine rings is 1. The molecule has 1 aromatic heterocycles. The van der Waals surface area contributed by atoms with Gasteiger partial charge in [-0.1, -0.05) is 0 Å². The molecule has 1 unspecified atom stereocenters. The van der Waals surface area contributed by atoms with Crippen molar-refractivity contribution in [2.75, 3.05) is 17.3 Å². The number of alkyl halides is 1. The average molecular weight is 270 g/mol. The summed E-state index contributed by atoms with van der Waals surface area (Å²) in [5.74, 6) is 0.993. The number of hydrogen-bond acceptors (Lipinski definition) is 4. The van der Waals surface area contributed by atoms with Crippen LogP contribution < -0.4 is 4.90 Å². The predicted octanol–water partition coefficient (Wildman–Crippen LogP) is 1.89. The van der Waals surface area contributed by atoms with Crippen LogP contribution in [0.5, 0.6) is 0 Å². The highest BCUT2D eigenvalue weighted by atomic mass is 35.5. The largest absolute Gasteiger partial charge is 0.296 e. The summed E-state index contributed by atoms with van der Waals surface area (Å²) in [6, 6.07) is 1.42. The number of anilines is 1. The number of aromatic nitrogens is 1. The van der Waals surface area contributed by atoms with E-state index in [0.29, 0.717) is 30.2 Å². The summed E-state index contributed by atoms with van der Waals surface area (Å²) in [5.41, 5.74) is 0.546. The van der Waals surface area contributed by atoms with Crippen molar-refractivity contribution < 1.29 is 9.72 Å². The zero-order chi connectivity index (χ0) is 13.3. The summed E-state index contributed by atoms with van der Waals surface area (Å²) in [6.45, 7) is 2.23. The van der Waals surface area contributed by atoms with Crippen molar-refractivity contribution in [1.82, 2.24) is 4.98 Å². The summed E-state index contributed by atoms with van der Waals surface area (Å²) >= 11 is 5.74. The molecule has 0 bridgehead atoms. The van der Waals surface area contributed by atoms with Gasteiger partial charge in [0.2, 0.25) is 5.91 Å². The molecule has 1 aromatic rings. The van der Waals surface area contributed by atoms with E-state index in [0.717, 1.165) is 0 Å². The summed E-state index contributed by atoms with van der Waals surface area (Å²) in [5, 5.41) is 10.6. The van der Waals surface area contributed by atoms with E-state index in [-0.39, 0.29) is 17.5 Å². The topological polar surface area (TPSA) is 76.3 Å². The molecule has 1 aliphatic rings. The molecule has 0 radical (unpaired) electrons. The SMILES string of the molecule is Cc1cc([N+](=O)[O-])cnc1N1CC(CCl)CC1=O. The van der Waals surface area contributed by atoms with E-state index in [1.54, 1.807) is 11.8 Å². The third-order valence-corrected chi connectivity index (χ3v) is 3.36. The molecule has 6 nitrogen and oxygen atoms in total. The van der Waals surface area contributed by atoms with Gasteiger partial charge in [-0.25, -0.2) is 4.98 Å². The van der Waals surface area contributed by atoms with Gasteiger partial charge in [-0.3, -0.25) is 19.8 Å². The first-order chi connectivity index (χ1) is 8.52. The minimum atomic E-state index is -0.503. The third-order valence-electron chi connectivity index (χ3n) is 2.93. The Balaban J connectivity index is 2.29. The van der Waals surface area contributed by atoms with Crippen molar-refractivity contribution in [2.45, 2.75) is 13.3 Å². The van der Waals surface area contributed by atoms with Gasteiger partial charge < -0.3 is 0 Å². The lowest BCUT2D eigenvalue weighted by Crippen LogP contribution is -2.26. The Labute approximate surface area is 109 Å². The number of amides is 1. The van der Waals surface area contributed by atoms with E-state index >= 15 is 0 Å². The number of hydrogen-bond donors (Lipinski definition) is 0. The van der Waals surface area contributed by atoms with Crippen LogP contribution in [-0.4, -0.2) is 28.2 Å². The lowest BCUT2D eigenvalue weighted by Gasteiger charge is -2.17. The number of aryl methyl sites for hydroxylation is 1. The zero-order valence-corrected chi connectivity index (χ0v) is 10.6. The Morgan fingerprint density at radius 3 is 2.89 bits per heavy atom. The van der Waals surface area contributed by atoms with E-state index in [4.69, 9.17) is 11.6 Å². The molecular formula is C11H12ClN3O3. The Hall–Kier alpha value is -1.69. The normalized spacial score (nSPS) is 19.3. The number of halogens is 1. The Kier molecular flexibility index (Phi) is 3.47. The van der Waals surface area contributed by atoms with Crippen molar-refractivity contribution in [3.8, 4) is 0 Å². The molecule has 1 amide bonds. The van der Waals surface area contributed by atoms with Gasteiger partial charge in [0, 0.05) is 24.9 Å². The number of nitro groups is 1. The molecule has 1 saturated heterocycles. The maximum atomic E-state index is 11.8. The van der Waals surface area contributed by atoms with E-state index in [1.807, 2.05) is 0 Å². The second kappa shape index (κ2) is 4.89. The highest BCUT2D eigenvalue weighted by Crippen LogP contribution is 2.28. The van der Waals surface area contributed by atoms with Crippen LogP contribution in [-0.2, 0) is 4.79 Å². The van der Waals surface area contributed by atoms with Gasteiger partial charge in [0.15, 0.2) is 0 Å². The summed E-state index contributed by atoms with van der Waals surface area (Å²) in [4.78, 5) is 27.5. The van der Waals surface area contributed by atoms with Gasteiger partial charge in [-0.2, -0.15) is 0 Å². The number of carbonyl (C=O) groups excluding carboxylic acids is 1. The van der Waals surface area contributed by atoms with E-state index < -0.39 is 4.92 Å². The van der Waals surface area contributed by atoms with Gasteiger partial charge >= 0.3 is 0 Å². The number of rotatable bonds is 3. The molecule has 96 valence electrons. The smallest absolute Gasteiger partial charge is 0.287 e. The molecule has 7 heteroatoms. The quantitative estimate of drug-likeness (QED) is 0.477. The Morgan fingerprint density at radius 2 is 2.39 bits per heavy atom. The van der Waals surface area contributed by atoms with Crippen LogP contribution in [0.25, 0.3) is 0 Å². The monoisotopic (exact) mass is 269 g/mol. The summed E-state index contributed by atoms with van der Waals surface area (Å²) in [6.07, 6.45) is 1.57. The molecule has 0 spiro atoms. The van der Waals surface area contributed by atoms with Gasteiger partial charge in [-0.05, 0) is 18.4 Å². The van der Waals surface area contributed by atoms with Crippen LogP contribution in [0.15, 0.2) is 12.3 Å². The van der Waals surface area contributed by atoms with Gasteiger partial charge in [0.1, 0.15) is 12.0 Å². The molecule has 18 heavy (non-hydrogen) atoms. The van der Waals surface area contributed by atoms with Gasteiger partial charge in [0.25, 0.3) is 5.69 Å². The van der Waals surface area contributed by atoms with Crippen molar-refractivity contribution >= 4 is 29.0 Å². The first-order valence-electron chi connectivity index (χ1n) is 5.50. The maximum absolute atomic E-state index is 11.8. The summed E-state index contributed by atoms with van der Waals surface area (Å²) < 4.78 is 0. The molecule has 0 aromatic carbocycles. The maximum Gasteiger partial charge on any atom is 0.287 e. The van der Waals surface area contributed by atoms with Crippen LogP contribution >= 0.6 is 11.6 Å². The fourth-order valence-corrected chi connectivity index (χ4v) is 2.23. The second-order valence-corrected chi connectivity index (χ2v) is 4.63. The van der Waals surface area contributed by atoms with Crippen molar-refractivity contribution in [2.24, 2.45) is 5.92 Å². The minimum Gasteiger partial charge on any atom is -0.296 e. The van der Waals surface area contributed by atoms with E-state index in [9.17, 15) is 14.9 Å². The molecule has 1 atom stereocenters. The Bertz CT molecular complexity index is 506. The van der Waals surface area contributed by atoms with Crippen molar-refractivity contribution in [3.05, 3.63) is 27.9 Å². The van der Waals surface area contributed by atoms with E-state index in [1.165, 1.54) is 12.3 Å². The van der Waals surface area contributed by atoms with Crippen LogP contribution in [0, 0.1) is 23.0 Å². The van der Waals surface area contributed by atoms with Crippen molar-refractivity contribution in [1.29, 1.82) is 0 Å². The lowest BCUT2D eigenvalue weighted by atomic mass is 10.1. The lowest BCUT2D eigenvalue weighted by molar-refractivity contribution is -0.385. The molecule has 0 aliphatic carbocycles. The highest BCUT2D eigenvalue weighted by Gasteiger charge is 2.31. The van der Waals surface area contributed by atoms with Crippen LogP contribution in [0.2, 0.25) is 0 Å². The van der Waals surface area contributed by atoms with Crippen LogP contribution in [0.4, 0.5) is 11.5 Å². The first-order valence-corrected chi connectivity index (χ1v) is 6.03. The minimum absolute atomic E-state index is 0.0369. The number of carbonyl (C=O) groups is 1. The molecule has 0 N–H and O–H groups in total.